The van der Waals surface area contributed by atoms with Crippen molar-refractivity contribution in [3.8, 4) is 5.88 Å². The van der Waals surface area contributed by atoms with Gasteiger partial charge in [0.2, 0.25) is 5.88 Å². The third kappa shape index (κ3) is 2.27. The maximum atomic E-state index is 11.1. The van der Waals surface area contributed by atoms with Crippen LogP contribution in [0.4, 0.5) is 0 Å². The molecule has 0 bridgehead atoms. The van der Waals surface area contributed by atoms with Crippen LogP contribution < -0.4 is 16.3 Å². The van der Waals surface area contributed by atoms with Gasteiger partial charge in [-0.3, -0.25) is 4.98 Å². The standard InChI is InChI=1S/C6H8ClN3O4/c1-6(7,8)4(12)14-10-2-3(11)9-5(10)13/h2,11H,8H2,1H3,(H,9,13)/t6-/m0/s1. The highest BCUT2D eigenvalue weighted by Crippen LogP contribution is 2.06. The minimum Gasteiger partial charge on any atom is -0.493 e. The SMILES string of the molecule is C[C@@](N)(Cl)C(=O)On1cc(O)[nH]c1=O. The number of alkyl halides is 1. The average molecular weight is 222 g/mol. The molecule has 0 aromatic carbocycles. The zero-order valence-corrected chi connectivity index (χ0v) is 7.91. The molecule has 0 unspecified atom stereocenters. The molecule has 0 aliphatic rings. The summed E-state index contributed by atoms with van der Waals surface area (Å²) in [5.41, 5.74) is 4.38. The molecule has 1 rings (SSSR count). The fraction of sp³-hybridized carbons (Fsp3) is 0.333. The van der Waals surface area contributed by atoms with Crippen molar-refractivity contribution in [3.05, 3.63) is 16.7 Å². The molecule has 1 heterocycles. The summed E-state index contributed by atoms with van der Waals surface area (Å²) in [6.07, 6.45) is 0.878. The Morgan fingerprint density at radius 3 is 2.79 bits per heavy atom. The average Bonchev–Trinajstić information content (AvgIpc) is 2.28. The Balaban J connectivity index is 2.85. The van der Waals surface area contributed by atoms with Crippen LogP contribution in [0.2, 0.25) is 0 Å². The van der Waals surface area contributed by atoms with E-state index in [0.29, 0.717) is 4.73 Å². The predicted octanol–water partition coefficient (Wildman–Crippen LogP) is -1.25. The van der Waals surface area contributed by atoms with Crippen LogP contribution in [0.5, 0.6) is 5.88 Å². The molecule has 8 heteroatoms. The summed E-state index contributed by atoms with van der Waals surface area (Å²) in [6, 6.07) is 0. The van der Waals surface area contributed by atoms with Crippen molar-refractivity contribution < 1.29 is 14.7 Å². The van der Waals surface area contributed by atoms with Gasteiger partial charge in [-0.15, -0.1) is 4.73 Å². The maximum absolute atomic E-state index is 11.1. The first-order chi connectivity index (χ1) is 6.30. The van der Waals surface area contributed by atoms with Crippen molar-refractivity contribution in [2.24, 2.45) is 5.73 Å². The van der Waals surface area contributed by atoms with E-state index >= 15 is 0 Å². The molecule has 1 aromatic rings. The van der Waals surface area contributed by atoms with E-state index in [9.17, 15) is 9.59 Å². The Hall–Kier alpha value is -1.47. The van der Waals surface area contributed by atoms with Gasteiger partial charge < -0.3 is 15.7 Å². The van der Waals surface area contributed by atoms with E-state index in [0.717, 1.165) is 6.20 Å². The van der Waals surface area contributed by atoms with Crippen LogP contribution in [0.15, 0.2) is 11.0 Å². The molecule has 78 valence electrons. The van der Waals surface area contributed by atoms with E-state index in [1.165, 1.54) is 6.92 Å². The van der Waals surface area contributed by atoms with Gasteiger partial charge in [0.1, 0.15) is 6.20 Å². The number of aromatic amines is 1. The number of halogens is 1. The summed E-state index contributed by atoms with van der Waals surface area (Å²) >= 11 is 5.41. The van der Waals surface area contributed by atoms with Crippen molar-refractivity contribution in [1.29, 1.82) is 0 Å². The quantitative estimate of drug-likeness (QED) is 0.427. The Bertz CT molecular complexity index is 402. The number of H-pyrrole nitrogens is 1. The Morgan fingerprint density at radius 1 is 1.86 bits per heavy atom. The van der Waals surface area contributed by atoms with Crippen molar-refractivity contribution in [2.45, 2.75) is 11.9 Å². The number of imidazole rings is 1. The van der Waals surface area contributed by atoms with Crippen LogP contribution >= 0.6 is 11.6 Å². The third-order valence-corrected chi connectivity index (χ3v) is 1.41. The summed E-state index contributed by atoms with van der Waals surface area (Å²) in [4.78, 5) is 26.6. The smallest absolute Gasteiger partial charge is 0.367 e. The highest BCUT2D eigenvalue weighted by atomic mass is 35.5. The van der Waals surface area contributed by atoms with Gasteiger partial charge in [0.25, 0.3) is 0 Å². The second-order valence-corrected chi connectivity index (χ2v) is 3.51. The molecule has 1 atom stereocenters. The molecule has 0 saturated heterocycles. The van der Waals surface area contributed by atoms with Gasteiger partial charge in [-0.2, -0.15) is 0 Å². The molecule has 0 aliphatic heterocycles. The number of aromatic nitrogens is 2. The summed E-state index contributed by atoms with van der Waals surface area (Å²) in [5, 5.41) is 8.82. The van der Waals surface area contributed by atoms with Crippen molar-refractivity contribution >= 4 is 17.6 Å². The van der Waals surface area contributed by atoms with Crippen LogP contribution in [-0.2, 0) is 4.79 Å². The molecule has 0 radical (unpaired) electrons. The Labute approximate surface area is 83.0 Å². The number of nitrogens with two attached hydrogens (primary N) is 1. The molecular formula is C6H8ClN3O4. The number of carbonyl (C=O) groups excluding carboxylic acids is 1. The van der Waals surface area contributed by atoms with Gasteiger partial charge in [-0.25, -0.2) is 9.59 Å². The molecule has 1 aromatic heterocycles. The monoisotopic (exact) mass is 221 g/mol. The number of rotatable bonds is 2. The lowest BCUT2D eigenvalue weighted by molar-refractivity contribution is -0.147. The van der Waals surface area contributed by atoms with Crippen LogP contribution in [0, 0.1) is 0 Å². The van der Waals surface area contributed by atoms with E-state index in [-0.39, 0.29) is 0 Å². The molecule has 0 fully saturated rings. The lowest BCUT2D eigenvalue weighted by Crippen LogP contribution is -2.46. The number of hydrogen-bond acceptors (Lipinski definition) is 5. The van der Waals surface area contributed by atoms with Gasteiger partial charge in [-0.1, -0.05) is 11.6 Å². The largest absolute Gasteiger partial charge is 0.493 e. The first-order valence-electron chi connectivity index (χ1n) is 3.52. The van der Waals surface area contributed by atoms with E-state index < -0.39 is 22.5 Å². The Morgan fingerprint density at radius 2 is 2.43 bits per heavy atom. The summed E-state index contributed by atoms with van der Waals surface area (Å²) in [7, 11) is 0. The first kappa shape index (κ1) is 10.6. The molecule has 4 N–H and O–H groups in total. The fourth-order valence-corrected chi connectivity index (χ4v) is 0.648. The molecule has 14 heavy (non-hydrogen) atoms. The van der Waals surface area contributed by atoms with Crippen LogP contribution in [0.25, 0.3) is 0 Å². The predicted molar refractivity (Wildman–Crippen MR) is 46.7 cm³/mol. The number of nitrogens with one attached hydrogen (secondary N) is 1. The van der Waals surface area contributed by atoms with Crippen LogP contribution in [0.3, 0.4) is 0 Å². The lowest BCUT2D eigenvalue weighted by Gasteiger charge is -2.12. The molecule has 7 nitrogen and oxygen atoms in total. The molecule has 0 saturated carbocycles. The van der Waals surface area contributed by atoms with Gasteiger partial charge in [0, 0.05) is 0 Å². The van der Waals surface area contributed by atoms with E-state index in [4.69, 9.17) is 22.4 Å². The highest BCUT2D eigenvalue weighted by Gasteiger charge is 2.28. The number of nitrogens with zero attached hydrogens (tertiary/aromatic N) is 1. The normalized spacial score (nSPS) is 14.8. The second kappa shape index (κ2) is 3.35. The molecule has 0 amide bonds. The second-order valence-electron chi connectivity index (χ2n) is 2.72. The first-order valence-corrected chi connectivity index (χ1v) is 3.89. The van der Waals surface area contributed by atoms with Crippen molar-refractivity contribution in [1.82, 2.24) is 9.71 Å². The molecule has 0 spiro atoms. The zero-order valence-electron chi connectivity index (χ0n) is 7.15. The summed E-state index contributed by atoms with van der Waals surface area (Å²) < 4.78 is 0.491. The minimum absolute atomic E-state index is 0.434. The maximum Gasteiger partial charge on any atom is 0.367 e. The topological polar surface area (TPSA) is 110 Å². The number of hydrogen-bond donors (Lipinski definition) is 3. The van der Waals surface area contributed by atoms with E-state index in [2.05, 4.69) is 4.84 Å². The minimum atomic E-state index is -1.73. The van der Waals surface area contributed by atoms with Gasteiger partial charge >= 0.3 is 11.7 Å². The number of aromatic hydroxyl groups is 1. The molecular weight excluding hydrogens is 214 g/mol. The Kier molecular flexibility index (Phi) is 2.54. The van der Waals surface area contributed by atoms with Crippen molar-refractivity contribution in [3.63, 3.8) is 0 Å². The summed E-state index contributed by atoms with van der Waals surface area (Å²) in [5.74, 6) is -1.45. The lowest BCUT2D eigenvalue weighted by atomic mass is 10.4. The molecule has 0 aliphatic carbocycles. The van der Waals surface area contributed by atoms with Crippen LogP contribution in [0.1, 0.15) is 6.92 Å². The van der Waals surface area contributed by atoms with Gasteiger partial charge in [0.05, 0.1) is 0 Å². The third-order valence-electron chi connectivity index (χ3n) is 1.26. The number of carbonyl (C=O) groups is 1. The fourth-order valence-electron chi connectivity index (χ4n) is 0.613. The van der Waals surface area contributed by atoms with Crippen LogP contribution in [-0.4, -0.2) is 25.8 Å². The highest BCUT2D eigenvalue weighted by molar-refractivity contribution is 6.33. The summed E-state index contributed by atoms with van der Waals surface area (Å²) in [6.45, 7) is 1.20. The van der Waals surface area contributed by atoms with Gasteiger partial charge in [-0.05, 0) is 6.92 Å². The van der Waals surface area contributed by atoms with E-state index in [1.54, 1.807) is 0 Å². The zero-order chi connectivity index (χ0) is 10.9. The van der Waals surface area contributed by atoms with E-state index in [1.807, 2.05) is 4.98 Å². The van der Waals surface area contributed by atoms with Crippen molar-refractivity contribution in [2.75, 3.05) is 0 Å². The van der Waals surface area contributed by atoms with Gasteiger partial charge in [0.15, 0.2) is 5.00 Å².